The second-order valence-corrected chi connectivity index (χ2v) is 7.77. The second kappa shape index (κ2) is 9.30. The third-order valence-corrected chi connectivity index (χ3v) is 5.92. The van der Waals surface area contributed by atoms with Crippen molar-refractivity contribution in [2.75, 3.05) is 26.7 Å². The fraction of sp³-hybridized carbons (Fsp3) is 0.550. The zero-order chi connectivity index (χ0) is 16.6. The van der Waals surface area contributed by atoms with Crippen LogP contribution in [0.4, 0.5) is 0 Å². The van der Waals surface area contributed by atoms with E-state index in [1.54, 1.807) is 0 Å². The van der Waals surface area contributed by atoms with E-state index < -0.39 is 0 Å². The molecule has 0 aliphatic carbocycles. The SMILES string of the molecule is CNCCC1CCN(Cc2csc(CCc3ccccc3)n2)CC1. The molecule has 3 rings (SSSR count). The number of aryl methyl sites for hydroxylation is 2. The fourth-order valence-corrected chi connectivity index (χ4v) is 4.23. The molecule has 3 nitrogen and oxygen atoms in total. The molecule has 4 heteroatoms. The van der Waals surface area contributed by atoms with Gasteiger partial charge in [-0.3, -0.25) is 4.90 Å². The molecule has 2 aromatic rings. The average Bonchev–Trinajstić information content (AvgIpc) is 3.08. The van der Waals surface area contributed by atoms with Crippen molar-refractivity contribution in [2.24, 2.45) is 5.92 Å². The highest BCUT2D eigenvalue weighted by atomic mass is 32.1. The first-order chi connectivity index (χ1) is 11.8. The maximum Gasteiger partial charge on any atom is 0.0932 e. The van der Waals surface area contributed by atoms with Crippen molar-refractivity contribution < 1.29 is 0 Å². The van der Waals surface area contributed by atoms with Crippen LogP contribution in [0.5, 0.6) is 0 Å². The van der Waals surface area contributed by atoms with Crippen molar-refractivity contribution in [1.82, 2.24) is 15.2 Å². The third-order valence-electron chi connectivity index (χ3n) is 4.97. The minimum Gasteiger partial charge on any atom is -0.320 e. The van der Waals surface area contributed by atoms with Gasteiger partial charge < -0.3 is 5.32 Å². The Balaban J connectivity index is 1.41. The highest BCUT2D eigenvalue weighted by Crippen LogP contribution is 2.22. The van der Waals surface area contributed by atoms with Crippen molar-refractivity contribution >= 4 is 11.3 Å². The molecular formula is C20H29N3S. The quantitative estimate of drug-likeness (QED) is 0.791. The number of piperidine rings is 1. The summed E-state index contributed by atoms with van der Waals surface area (Å²) in [5.74, 6) is 0.908. The molecular weight excluding hydrogens is 314 g/mol. The van der Waals surface area contributed by atoms with Crippen molar-refractivity contribution in [3.8, 4) is 0 Å². The zero-order valence-corrected chi connectivity index (χ0v) is 15.5. The number of aromatic nitrogens is 1. The van der Waals surface area contributed by atoms with Crippen molar-refractivity contribution in [3.63, 3.8) is 0 Å². The molecule has 0 unspecified atom stereocenters. The number of nitrogens with zero attached hydrogens (tertiary/aromatic N) is 2. The maximum atomic E-state index is 4.85. The van der Waals surface area contributed by atoms with Gasteiger partial charge in [0.15, 0.2) is 0 Å². The number of hydrogen-bond acceptors (Lipinski definition) is 4. The Morgan fingerprint density at radius 2 is 1.96 bits per heavy atom. The van der Waals surface area contributed by atoms with Gasteiger partial charge in [0, 0.05) is 18.3 Å². The van der Waals surface area contributed by atoms with E-state index in [4.69, 9.17) is 4.98 Å². The summed E-state index contributed by atoms with van der Waals surface area (Å²) in [6, 6.07) is 10.7. The Bertz CT molecular complexity index is 588. The highest BCUT2D eigenvalue weighted by Gasteiger charge is 2.19. The Hall–Kier alpha value is -1.23. The summed E-state index contributed by atoms with van der Waals surface area (Å²) >= 11 is 1.82. The van der Waals surface area contributed by atoms with Gasteiger partial charge in [-0.25, -0.2) is 4.98 Å². The minimum atomic E-state index is 0.908. The molecule has 1 fully saturated rings. The predicted octanol–water partition coefficient (Wildman–Crippen LogP) is 3.75. The van der Waals surface area contributed by atoms with Gasteiger partial charge in [-0.15, -0.1) is 11.3 Å². The summed E-state index contributed by atoms with van der Waals surface area (Å²) in [6.07, 6.45) is 6.15. The monoisotopic (exact) mass is 343 g/mol. The van der Waals surface area contributed by atoms with Gasteiger partial charge >= 0.3 is 0 Å². The van der Waals surface area contributed by atoms with Crippen molar-refractivity contribution in [3.05, 3.63) is 52.0 Å². The number of likely N-dealkylation sites (tertiary alicyclic amines) is 1. The van der Waals surface area contributed by atoms with Crippen molar-refractivity contribution in [1.29, 1.82) is 0 Å². The minimum absolute atomic E-state index is 0.908. The Kier molecular flexibility index (Phi) is 6.82. The van der Waals surface area contributed by atoms with E-state index in [1.165, 1.54) is 48.6 Å². The molecule has 1 aliphatic rings. The lowest BCUT2D eigenvalue weighted by Gasteiger charge is -2.31. The lowest BCUT2D eigenvalue weighted by molar-refractivity contribution is 0.171. The Labute approximate surface area is 150 Å². The maximum absolute atomic E-state index is 4.85. The van der Waals surface area contributed by atoms with Gasteiger partial charge in [0.2, 0.25) is 0 Å². The van der Waals surface area contributed by atoms with Gasteiger partial charge in [-0.1, -0.05) is 30.3 Å². The molecule has 0 bridgehead atoms. The lowest BCUT2D eigenvalue weighted by atomic mass is 9.93. The van der Waals surface area contributed by atoms with E-state index in [0.717, 1.165) is 31.8 Å². The number of rotatable bonds is 8. The number of nitrogens with one attached hydrogen (secondary N) is 1. The molecule has 0 spiro atoms. The number of thiazole rings is 1. The molecule has 0 amide bonds. The average molecular weight is 344 g/mol. The molecule has 1 aromatic carbocycles. The zero-order valence-electron chi connectivity index (χ0n) is 14.7. The molecule has 0 atom stereocenters. The summed E-state index contributed by atoms with van der Waals surface area (Å²) in [5, 5.41) is 6.80. The van der Waals surface area contributed by atoms with Crippen LogP contribution in [0.3, 0.4) is 0 Å². The van der Waals surface area contributed by atoms with Crippen LogP contribution in [0, 0.1) is 5.92 Å². The van der Waals surface area contributed by atoms with E-state index in [-0.39, 0.29) is 0 Å². The van der Waals surface area contributed by atoms with Crippen molar-refractivity contribution in [2.45, 2.75) is 38.6 Å². The topological polar surface area (TPSA) is 28.2 Å². The largest absolute Gasteiger partial charge is 0.320 e. The van der Waals surface area contributed by atoms with Crippen LogP contribution in [0.2, 0.25) is 0 Å². The fourth-order valence-electron chi connectivity index (χ4n) is 3.44. The highest BCUT2D eigenvalue weighted by molar-refractivity contribution is 7.09. The second-order valence-electron chi connectivity index (χ2n) is 6.83. The van der Waals surface area contributed by atoms with Crippen LogP contribution >= 0.6 is 11.3 Å². The van der Waals surface area contributed by atoms with Crippen LogP contribution < -0.4 is 5.32 Å². The van der Waals surface area contributed by atoms with Gasteiger partial charge in [-0.2, -0.15) is 0 Å². The van der Waals surface area contributed by atoms with E-state index >= 15 is 0 Å². The molecule has 24 heavy (non-hydrogen) atoms. The molecule has 130 valence electrons. The van der Waals surface area contributed by atoms with E-state index in [2.05, 4.69) is 45.9 Å². The Morgan fingerprint density at radius 1 is 1.17 bits per heavy atom. The molecule has 1 N–H and O–H groups in total. The van der Waals surface area contributed by atoms with Crippen LogP contribution in [0.25, 0.3) is 0 Å². The summed E-state index contributed by atoms with van der Waals surface area (Å²) < 4.78 is 0. The first kappa shape index (κ1) is 17.6. The van der Waals surface area contributed by atoms with Gasteiger partial charge in [0.25, 0.3) is 0 Å². The van der Waals surface area contributed by atoms with Gasteiger partial charge in [0.1, 0.15) is 0 Å². The normalized spacial score (nSPS) is 16.5. The first-order valence-corrected chi connectivity index (χ1v) is 10.1. The molecule has 1 saturated heterocycles. The molecule has 1 aliphatic heterocycles. The van der Waals surface area contributed by atoms with Crippen LogP contribution in [0.1, 0.15) is 35.5 Å². The lowest BCUT2D eigenvalue weighted by Crippen LogP contribution is -2.34. The number of benzene rings is 1. The van der Waals surface area contributed by atoms with E-state index in [1.807, 2.05) is 18.4 Å². The first-order valence-electron chi connectivity index (χ1n) is 9.17. The van der Waals surface area contributed by atoms with Crippen LogP contribution in [-0.4, -0.2) is 36.6 Å². The van der Waals surface area contributed by atoms with E-state index in [9.17, 15) is 0 Å². The molecule has 0 radical (unpaired) electrons. The van der Waals surface area contributed by atoms with Gasteiger partial charge in [-0.05, 0) is 63.8 Å². The Morgan fingerprint density at radius 3 is 2.71 bits per heavy atom. The smallest absolute Gasteiger partial charge is 0.0932 e. The standard InChI is InChI=1S/C20H29N3S/c1-21-12-9-18-10-13-23(14-11-18)15-19-16-24-20(22-19)8-7-17-5-3-2-4-6-17/h2-6,16,18,21H,7-15H2,1H3. The van der Waals surface area contributed by atoms with Crippen LogP contribution in [0.15, 0.2) is 35.7 Å². The molecule has 0 saturated carbocycles. The molecule has 2 heterocycles. The van der Waals surface area contributed by atoms with E-state index in [0.29, 0.717) is 0 Å². The summed E-state index contributed by atoms with van der Waals surface area (Å²) in [7, 11) is 2.05. The molecule has 1 aromatic heterocycles. The third kappa shape index (κ3) is 5.40. The summed E-state index contributed by atoms with van der Waals surface area (Å²) in [6.45, 7) is 4.64. The van der Waals surface area contributed by atoms with Crippen LogP contribution in [-0.2, 0) is 19.4 Å². The van der Waals surface area contributed by atoms with Gasteiger partial charge in [0.05, 0.1) is 10.7 Å². The summed E-state index contributed by atoms with van der Waals surface area (Å²) in [4.78, 5) is 7.43. The summed E-state index contributed by atoms with van der Waals surface area (Å²) in [5.41, 5.74) is 2.66. The number of hydrogen-bond donors (Lipinski definition) is 1. The predicted molar refractivity (Wildman–Crippen MR) is 103 cm³/mol.